The molecule has 0 saturated heterocycles. The van der Waals surface area contributed by atoms with Gasteiger partial charge in [0.2, 0.25) is 0 Å². The third kappa shape index (κ3) is 2.87. The minimum absolute atomic E-state index is 0.0958. The van der Waals surface area contributed by atoms with Crippen LogP contribution in [0.25, 0.3) is 56.0 Å². The highest BCUT2D eigenvalue weighted by Gasteiger charge is 2.17. The lowest BCUT2D eigenvalue weighted by Crippen LogP contribution is -1.86. The Hall–Kier alpha value is -4.66. The fourth-order valence-electron chi connectivity index (χ4n) is 3.60. The van der Waals surface area contributed by atoms with Crippen molar-refractivity contribution in [2.45, 2.75) is 0 Å². The second-order valence-corrected chi connectivity index (χ2v) is 7.00. The average Bonchev–Trinajstić information content (AvgIpc) is 3.43. The number of pyridine rings is 4. The molecule has 0 unspecified atom stereocenters. The summed E-state index contributed by atoms with van der Waals surface area (Å²) >= 11 is 0. The molecule has 0 aliphatic rings. The molecule has 0 aromatic carbocycles. The van der Waals surface area contributed by atoms with Crippen LogP contribution in [0.1, 0.15) is 0 Å². The van der Waals surface area contributed by atoms with Gasteiger partial charge in [-0.25, -0.2) is 9.97 Å². The molecule has 148 valence electrons. The average molecular weight is 406 g/mol. The zero-order valence-electron chi connectivity index (χ0n) is 16.0. The van der Waals surface area contributed by atoms with Crippen molar-refractivity contribution in [3.63, 3.8) is 0 Å². The van der Waals surface area contributed by atoms with E-state index in [2.05, 4.69) is 35.1 Å². The molecule has 3 N–H and O–H groups in total. The third-order valence-electron chi connectivity index (χ3n) is 5.05. The van der Waals surface area contributed by atoms with Crippen LogP contribution >= 0.6 is 0 Å². The number of hydrogen-bond acceptors (Lipinski definition) is 7. The van der Waals surface area contributed by atoms with E-state index in [1.54, 1.807) is 37.1 Å². The molecular formula is C22H14N8O. The van der Waals surface area contributed by atoms with Crippen LogP contribution in [-0.2, 0) is 0 Å². The predicted octanol–water partition coefficient (Wildman–Crippen LogP) is 3.73. The molecule has 9 nitrogen and oxygen atoms in total. The van der Waals surface area contributed by atoms with Gasteiger partial charge in [0.15, 0.2) is 11.5 Å². The molecule has 9 heteroatoms. The van der Waals surface area contributed by atoms with Crippen molar-refractivity contribution in [2.24, 2.45) is 0 Å². The molecule has 0 radical (unpaired) electrons. The molecule has 6 rings (SSSR count). The van der Waals surface area contributed by atoms with E-state index in [1.807, 2.05) is 24.3 Å². The monoisotopic (exact) mass is 406 g/mol. The highest BCUT2D eigenvalue weighted by atomic mass is 16.3. The van der Waals surface area contributed by atoms with Crippen LogP contribution in [-0.4, -0.2) is 45.2 Å². The summed E-state index contributed by atoms with van der Waals surface area (Å²) in [5, 5.41) is 18.0. The van der Waals surface area contributed by atoms with Gasteiger partial charge in [-0.15, -0.1) is 0 Å². The Labute approximate surface area is 174 Å². The lowest BCUT2D eigenvalue weighted by atomic mass is 10.1. The van der Waals surface area contributed by atoms with Crippen LogP contribution < -0.4 is 0 Å². The third-order valence-corrected chi connectivity index (χ3v) is 5.05. The minimum Gasteiger partial charge on any atom is -0.506 e. The summed E-state index contributed by atoms with van der Waals surface area (Å²) in [5.74, 6) is 0.705. The van der Waals surface area contributed by atoms with Gasteiger partial charge < -0.3 is 10.1 Å². The summed E-state index contributed by atoms with van der Waals surface area (Å²) in [7, 11) is 0. The van der Waals surface area contributed by atoms with Gasteiger partial charge in [-0.2, -0.15) is 5.10 Å². The number of nitrogens with one attached hydrogen (secondary N) is 2. The van der Waals surface area contributed by atoms with Crippen molar-refractivity contribution in [3.05, 3.63) is 67.5 Å². The number of imidazole rings is 1. The summed E-state index contributed by atoms with van der Waals surface area (Å²) in [6.45, 7) is 0. The summed E-state index contributed by atoms with van der Waals surface area (Å²) < 4.78 is 0. The molecule has 0 atom stereocenters. The van der Waals surface area contributed by atoms with Crippen molar-refractivity contribution < 1.29 is 5.11 Å². The van der Waals surface area contributed by atoms with Crippen LogP contribution in [0.2, 0.25) is 0 Å². The number of nitrogens with zero attached hydrogens (tertiary/aromatic N) is 6. The highest BCUT2D eigenvalue weighted by molar-refractivity contribution is 5.96. The molecule has 0 aliphatic heterocycles. The Balaban J connectivity index is 1.51. The van der Waals surface area contributed by atoms with Crippen LogP contribution in [0, 0.1) is 0 Å². The van der Waals surface area contributed by atoms with Crippen LogP contribution in [0.5, 0.6) is 5.75 Å². The SMILES string of the molecule is Oc1cncc(-c2cnc3[nH]nc(-c4nc5c(-c6ccncc6)nccc5[nH]4)c3c2)c1. The Morgan fingerprint density at radius 1 is 0.774 bits per heavy atom. The van der Waals surface area contributed by atoms with Gasteiger partial charge in [-0.1, -0.05) is 0 Å². The first-order valence-corrected chi connectivity index (χ1v) is 9.50. The summed E-state index contributed by atoms with van der Waals surface area (Å²) in [6, 6.07) is 9.28. The van der Waals surface area contributed by atoms with Gasteiger partial charge in [-0.05, 0) is 30.3 Å². The van der Waals surface area contributed by atoms with Crippen LogP contribution in [0.3, 0.4) is 0 Å². The van der Waals surface area contributed by atoms with Gasteiger partial charge in [0.05, 0.1) is 22.8 Å². The van der Waals surface area contributed by atoms with Gasteiger partial charge in [-0.3, -0.25) is 20.1 Å². The first-order valence-electron chi connectivity index (χ1n) is 9.50. The molecule has 0 fully saturated rings. The van der Waals surface area contributed by atoms with E-state index in [-0.39, 0.29) is 5.75 Å². The summed E-state index contributed by atoms with van der Waals surface area (Å²) in [4.78, 5) is 25.2. The minimum atomic E-state index is 0.0958. The van der Waals surface area contributed by atoms with E-state index in [0.29, 0.717) is 17.2 Å². The fourth-order valence-corrected chi connectivity index (χ4v) is 3.60. The number of hydrogen-bond donors (Lipinski definition) is 3. The van der Waals surface area contributed by atoms with Crippen LogP contribution in [0.15, 0.2) is 67.5 Å². The number of aromatic hydroxyl groups is 1. The Morgan fingerprint density at radius 3 is 2.52 bits per heavy atom. The lowest BCUT2D eigenvalue weighted by molar-refractivity contribution is 0.473. The van der Waals surface area contributed by atoms with E-state index in [4.69, 9.17) is 4.98 Å². The van der Waals surface area contributed by atoms with Crippen molar-refractivity contribution in [1.82, 2.24) is 40.1 Å². The molecule has 0 saturated carbocycles. The molecule has 6 aromatic heterocycles. The van der Waals surface area contributed by atoms with Crippen molar-refractivity contribution in [2.75, 3.05) is 0 Å². The van der Waals surface area contributed by atoms with Gasteiger partial charge in [0.1, 0.15) is 17.0 Å². The van der Waals surface area contributed by atoms with E-state index in [0.717, 1.165) is 38.8 Å². The number of aromatic nitrogens is 8. The summed E-state index contributed by atoms with van der Waals surface area (Å²) in [6.07, 6.45) is 9.99. The predicted molar refractivity (Wildman–Crippen MR) is 115 cm³/mol. The summed E-state index contributed by atoms with van der Waals surface area (Å²) in [5.41, 5.74) is 6.17. The Morgan fingerprint density at radius 2 is 1.65 bits per heavy atom. The number of fused-ring (bicyclic) bond motifs is 2. The second-order valence-electron chi connectivity index (χ2n) is 7.00. The number of rotatable bonds is 3. The molecule has 0 bridgehead atoms. The zero-order valence-corrected chi connectivity index (χ0v) is 16.0. The van der Waals surface area contributed by atoms with E-state index in [1.165, 1.54) is 6.20 Å². The zero-order chi connectivity index (χ0) is 20.8. The quantitative estimate of drug-likeness (QED) is 0.408. The maximum absolute atomic E-state index is 9.75. The standard InChI is InChI=1S/C22H14N8O/c31-15-7-13(9-24-11-15)14-8-16-19(29-30-21(16)26-10-14)22-27-17-3-6-25-18(20(17)28-22)12-1-4-23-5-2-12/h1-11,31H,(H,27,28)(H,26,29,30). The van der Waals surface area contributed by atoms with E-state index >= 15 is 0 Å². The first kappa shape index (κ1) is 17.2. The fraction of sp³-hybridized carbons (Fsp3) is 0. The molecule has 0 spiro atoms. The van der Waals surface area contributed by atoms with E-state index in [9.17, 15) is 5.11 Å². The normalized spacial score (nSPS) is 11.4. The molecule has 6 heterocycles. The van der Waals surface area contributed by atoms with Crippen molar-refractivity contribution >= 4 is 22.1 Å². The molecule has 0 aliphatic carbocycles. The topological polar surface area (TPSA) is 129 Å². The number of aromatic amines is 2. The first-order chi connectivity index (χ1) is 15.3. The van der Waals surface area contributed by atoms with Crippen LogP contribution in [0.4, 0.5) is 0 Å². The second kappa shape index (κ2) is 6.70. The number of H-pyrrole nitrogens is 2. The van der Waals surface area contributed by atoms with Crippen molar-refractivity contribution in [3.8, 4) is 39.7 Å². The van der Waals surface area contributed by atoms with Gasteiger partial charge >= 0.3 is 0 Å². The Kier molecular flexibility index (Phi) is 3.72. The maximum atomic E-state index is 9.75. The largest absolute Gasteiger partial charge is 0.506 e. The van der Waals surface area contributed by atoms with Crippen molar-refractivity contribution in [1.29, 1.82) is 0 Å². The van der Waals surface area contributed by atoms with Gasteiger partial charge in [0.25, 0.3) is 0 Å². The van der Waals surface area contributed by atoms with Gasteiger partial charge in [0, 0.05) is 47.7 Å². The highest BCUT2D eigenvalue weighted by Crippen LogP contribution is 2.31. The smallest absolute Gasteiger partial charge is 0.159 e. The Bertz CT molecular complexity index is 1550. The lowest BCUT2D eigenvalue weighted by Gasteiger charge is -2.02. The maximum Gasteiger partial charge on any atom is 0.159 e. The molecule has 31 heavy (non-hydrogen) atoms. The van der Waals surface area contributed by atoms with E-state index < -0.39 is 0 Å². The molecule has 0 amide bonds. The molecular weight excluding hydrogens is 392 g/mol. The molecule has 6 aromatic rings.